The molecule has 4 heteroatoms. The number of carbonyl (C=O) groups is 1. The predicted octanol–water partition coefficient (Wildman–Crippen LogP) is 3.34. The van der Waals surface area contributed by atoms with Gasteiger partial charge in [0.15, 0.2) is 0 Å². The topological polar surface area (TPSA) is 26.8 Å². The van der Waals surface area contributed by atoms with Gasteiger partial charge in [0.2, 0.25) is 5.91 Å². The fourth-order valence-corrected chi connectivity index (χ4v) is 3.59. The molecule has 0 atom stereocenters. The Labute approximate surface area is 163 Å². The molecule has 144 valence electrons. The highest BCUT2D eigenvalue weighted by molar-refractivity contribution is 5.76. The number of anilines is 1. The van der Waals surface area contributed by atoms with Crippen LogP contribution in [0.15, 0.2) is 48.5 Å². The molecule has 0 spiro atoms. The van der Waals surface area contributed by atoms with Crippen LogP contribution in [0.3, 0.4) is 0 Å². The Morgan fingerprint density at radius 1 is 0.963 bits per heavy atom. The van der Waals surface area contributed by atoms with E-state index in [4.69, 9.17) is 0 Å². The highest BCUT2D eigenvalue weighted by Crippen LogP contribution is 2.15. The summed E-state index contributed by atoms with van der Waals surface area (Å²) in [5.41, 5.74) is 5.08. The SMILES string of the molecule is Cc1cccc(CN2CCN(C(=O)CCc3ccc(N(C)C)cc3)CC2)c1. The summed E-state index contributed by atoms with van der Waals surface area (Å²) in [5.74, 6) is 0.280. The second-order valence-electron chi connectivity index (χ2n) is 7.71. The standard InChI is InChI=1S/C23H31N3O/c1-19-5-4-6-21(17-19)18-25-13-15-26(16-14-25)23(27)12-9-20-7-10-22(11-8-20)24(2)3/h4-8,10-11,17H,9,12-16,18H2,1-3H3. The number of aryl methyl sites for hydroxylation is 2. The molecule has 1 aliphatic heterocycles. The fourth-order valence-electron chi connectivity index (χ4n) is 3.59. The average Bonchev–Trinajstić information content (AvgIpc) is 2.67. The van der Waals surface area contributed by atoms with Crippen molar-refractivity contribution >= 4 is 11.6 Å². The molecule has 1 aliphatic rings. The molecule has 27 heavy (non-hydrogen) atoms. The van der Waals surface area contributed by atoms with Gasteiger partial charge in [-0.05, 0) is 36.6 Å². The number of benzene rings is 2. The minimum absolute atomic E-state index is 0.280. The molecule has 0 saturated carbocycles. The molecule has 1 heterocycles. The summed E-state index contributed by atoms with van der Waals surface area (Å²) in [7, 11) is 4.08. The third kappa shape index (κ3) is 5.57. The Morgan fingerprint density at radius 3 is 2.30 bits per heavy atom. The zero-order chi connectivity index (χ0) is 19.2. The van der Waals surface area contributed by atoms with Crippen LogP contribution in [0.4, 0.5) is 5.69 Å². The molecular weight excluding hydrogens is 334 g/mol. The van der Waals surface area contributed by atoms with Crippen molar-refractivity contribution in [2.75, 3.05) is 45.2 Å². The predicted molar refractivity (Wildman–Crippen MR) is 112 cm³/mol. The molecule has 0 unspecified atom stereocenters. The molecule has 1 saturated heterocycles. The highest BCUT2D eigenvalue weighted by Gasteiger charge is 2.20. The van der Waals surface area contributed by atoms with Crippen LogP contribution in [0, 0.1) is 6.92 Å². The van der Waals surface area contributed by atoms with E-state index in [2.05, 4.69) is 65.3 Å². The van der Waals surface area contributed by atoms with Gasteiger partial charge in [0, 0.05) is 58.9 Å². The van der Waals surface area contributed by atoms with Crippen LogP contribution in [0.1, 0.15) is 23.1 Å². The summed E-state index contributed by atoms with van der Waals surface area (Å²) in [6.07, 6.45) is 1.41. The van der Waals surface area contributed by atoms with Crippen molar-refractivity contribution < 1.29 is 4.79 Å². The van der Waals surface area contributed by atoms with Crippen LogP contribution in [0.5, 0.6) is 0 Å². The van der Waals surface area contributed by atoms with E-state index >= 15 is 0 Å². The summed E-state index contributed by atoms with van der Waals surface area (Å²) in [6, 6.07) is 17.2. The molecule has 0 aliphatic carbocycles. The Kier molecular flexibility index (Phi) is 6.51. The second-order valence-corrected chi connectivity index (χ2v) is 7.71. The van der Waals surface area contributed by atoms with Gasteiger partial charge in [0.25, 0.3) is 0 Å². The van der Waals surface area contributed by atoms with Gasteiger partial charge in [0.1, 0.15) is 0 Å². The van der Waals surface area contributed by atoms with E-state index in [0.29, 0.717) is 6.42 Å². The average molecular weight is 366 g/mol. The summed E-state index contributed by atoms with van der Waals surface area (Å²) in [4.78, 5) is 19.1. The first kappa shape index (κ1) is 19.4. The molecule has 2 aromatic rings. The number of rotatable bonds is 6. The molecule has 2 aromatic carbocycles. The lowest BCUT2D eigenvalue weighted by molar-refractivity contribution is -0.133. The third-order valence-electron chi connectivity index (χ3n) is 5.29. The van der Waals surface area contributed by atoms with Gasteiger partial charge in [-0.3, -0.25) is 9.69 Å². The van der Waals surface area contributed by atoms with Gasteiger partial charge >= 0.3 is 0 Å². The quantitative estimate of drug-likeness (QED) is 0.786. The van der Waals surface area contributed by atoms with Crippen molar-refractivity contribution in [1.29, 1.82) is 0 Å². The first-order chi connectivity index (χ1) is 13.0. The number of amides is 1. The van der Waals surface area contributed by atoms with Gasteiger partial charge in [-0.2, -0.15) is 0 Å². The minimum atomic E-state index is 0.280. The summed E-state index contributed by atoms with van der Waals surface area (Å²) in [5, 5.41) is 0. The third-order valence-corrected chi connectivity index (χ3v) is 5.29. The van der Waals surface area contributed by atoms with Gasteiger partial charge in [-0.25, -0.2) is 0 Å². The first-order valence-corrected chi connectivity index (χ1v) is 9.83. The normalized spacial score (nSPS) is 15.0. The monoisotopic (exact) mass is 365 g/mol. The summed E-state index contributed by atoms with van der Waals surface area (Å²) >= 11 is 0. The molecule has 4 nitrogen and oxygen atoms in total. The van der Waals surface area contributed by atoms with Crippen molar-refractivity contribution in [2.24, 2.45) is 0 Å². The number of nitrogens with zero attached hydrogens (tertiary/aromatic N) is 3. The molecule has 1 fully saturated rings. The zero-order valence-electron chi connectivity index (χ0n) is 16.8. The van der Waals surface area contributed by atoms with E-state index in [1.165, 1.54) is 22.4 Å². The van der Waals surface area contributed by atoms with E-state index in [0.717, 1.165) is 39.1 Å². The van der Waals surface area contributed by atoms with Crippen LogP contribution in [0.2, 0.25) is 0 Å². The minimum Gasteiger partial charge on any atom is -0.378 e. The first-order valence-electron chi connectivity index (χ1n) is 9.83. The number of hydrogen-bond acceptors (Lipinski definition) is 3. The fraction of sp³-hybridized carbons (Fsp3) is 0.435. The largest absolute Gasteiger partial charge is 0.378 e. The number of piperazine rings is 1. The second kappa shape index (κ2) is 9.05. The van der Waals surface area contributed by atoms with Crippen molar-refractivity contribution in [2.45, 2.75) is 26.3 Å². The molecule has 1 amide bonds. The molecular formula is C23H31N3O. The number of carbonyl (C=O) groups excluding carboxylic acids is 1. The van der Waals surface area contributed by atoms with Crippen LogP contribution < -0.4 is 4.90 Å². The van der Waals surface area contributed by atoms with E-state index in [1.54, 1.807) is 0 Å². The van der Waals surface area contributed by atoms with Crippen molar-refractivity contribution in [3.8, 4) is 0 Å². The van der Waals surface area contributed by atoms with Gasteiger partial charge in [-0.15, -0.1) is 0 Å². The maximum atomic E-state index is 12.6. The molecule has 0 N–H and O–H groups in total. The van der Waals surface area contributed by atoms with Gasteiger partial charge in [-0.1, -0.05) is 42.0 Å². The molecule has 0 bridgehead atoms. The smallest absolute Gasteiger partial charge is 0.222 e. The maximum Gasteiger partial charge on any atom is 0.222 e. The van der Waals surface area contributed by atoms with Gasteiger partial charge < -0.3 is 9.80 Å². The summed E-state index contributed by atoms with van der Waals surface area (Å²) in [6.45, 7) is 6.69. The highest BCUT2D eigenvalue weighted by atomic mass is 16.2. The van der Waals surface area contributed by atoms with Crippen LogP contribution in [-0.4, -0.2) is 56.0 Å². The summed E-state index contributed by atoms with van der Waals surface area (Å²) < 4.78 is 0. The van der Waals surface area contributed by atoms with Crippen LogP contribution >= 0.6 is 0 Å². The van der Waals surface area contributed by atoms with E-state index in [1.807, 2.05) is 19.0 Å². The van der Waals surface area contributed by atoms with Gasteiger partial charge in [0.05, 0.1) is 0 Å². The van der Waals surface area contributed by atoms with Crippen LogP contribution in [0.25, 0.3) is 0 Å². The lowest BCUT2D eigenvalue weighted by atomic mass is 10.1. The zero-order valence-corrected chi connectivity index (χ0v) is 16.8. The number of hydrogen-bond donors (Lipinski definition) is 0. The van der Waals surface area contributed by atoms with E-state index in [-0.39, 0.29) is 5.91 Å². The Balaban J connectivity index is 1.43. The Hall–Kier alpha value is -2.33. The van der Waals surface area contributed by atoms with Crippen molar-refractivity contribution in [3.63, 3.8) is 0 Å². The lowest BCUT2D eigenvalue weighted by Crippen LogP contribution is -2.48. The Morgan fingerprint density at radius 2 is 1.67 bits per heavy atom. The lowest BCUT2D eigenvalue weighted by Gasteiger charge is -2.35. The van der Waals surface area contributed by atoms with E-state index in [9.17, 15) is 4.79 Å². The van der Waals surface area contributed by atoms with Crippen LogP contribution in [-0.2, 0) is 17.8 Å². The molecule has 0 radical (unpaired) electrons. The van der Waals surface area contributed by atoms with E-state index < -0.39 is 0 Å². The molecule has 0 aromatic heterocycles. The Bertz CT molecular complexity index is 746. The van der Waals surface area contributed by atoms with Crippen molar-refractivity contribution in [3.05, 3.63) is 65.2 Å². The maximum absolute atomic E-state index is 12.6. The van der Waals surface area contributed by atoms with Crippen molar-refractivity contribution in [1.82, 2.24) is 9.80 Å². The molecule has 3 rings (SSSR count).